The van der Waals surface area contributed by atoms with E-state index in [0.29, 0.717) is 6.10 Å². The zero-order valence-corrected chi connectivity index (χ0v) is 8.65. The summed E-state index contributed by atoms with van der Waals surface area (Å²) in [7, 11) is 2.14. The Balaban J connectivity index is 1.78. The maximum absolute atomic E-state index is 5.82. The van der Waals surface area contributed by atoms with Crippen LogP contribution in [0.25, 0.3) is 0 Å². The number of likely N-dealkylation sites (N-methyl/N-ethyl adjacent to an activating group) is 1. The Morgan fingerprint density at radius 2 is 2.14 bits per heavy atom. The molecule has 1 aliphatic rings. The van der Waals surface area contributed by atoms with Gasteiger partial charge in [0.25, 0.3) is 0 Å². The quantitative estimate of drug-likeness (QED) is 0.723. The third-order valence-electron chi connectivity index (χ3n) is 2.68. The van der Waals surface area contributed by atoms with Crippen molar-refractivity contribution in [1.82, 2.24) is 4.90 Å². The lowest BCUT2D eigenvalue weighted by molar-refractivity contribution is 0.0483. The van der Waals surface area contributed by atoms with Crippen LogP contribution in [-0.2, 0) is 11.3 Å². The largest absolute Gasteiger partial charge is 0.372 e. The molecule has 1 atom stereocenters. The third kappa shape index (κ3) is 2.56. The highest BCUT2D eigenvalue weighted by Gasteiger charge is 2.19. The summed E-state index contributed by atoms with van der Waals surface area (Å²) in [4.78, 5) is 2.32. The second-order valence-electron chi connectivity index (χ2n) is 3.97. The lowest BCUT2D eigenvalue weighted by Gasteiger charge is -2.11. The molecule has 0 aromatic heterocycles. The Bertz CT molecular complexity index is 273. The van der Waals surface area contributed by atoms with E-state index in [9.17, 15) is 0 Å². The SMILES string of the molecule is CN1CC[C@H](OCc2ccccc2)C1. The topological polar surface area (TPSA) is 12.5 Å². The molecule has 1 saturated heterocycles. The van der Waals surface area contributed by atoms with Crippen LogP contribution < -0.4 is 0 Å². The fourth-order valence-corrected chi connectivity index (χ4v) is 1.82. The Labute approximate surface area is 85.5 Å². The number of ether oxygens (including phenoxy) is 1. The van der Waals surface area contributed by atoms with Crippen LogP contribution in [0.2, 0.25) is 0 Å². The van der Waals surface area contributed by atoms with E-state index in [1.807, 2.05) is 6.07 Å². The van der Waals surface area contributed by atoms with Crippen molar-refractivity contribution in [2.75, 3.05) is 20.1 Å². The minimum absolute atomic E-state index is 0.431. The third-order valence-corrected chi connectivity index (χ3v) is 2.68. The molecule has 0 saturated carbocycles. The molecule has 76 valence electrons. The monoisotopic (exact) mass is 191 g/mol. The van der Waals surface area contributed by atoms with E-state index in [2.05, 4.69) is 36.2 Å². The molecule has 2 heteroatoms. The van der Waals surface area contributed by atoms with Crippen molar-refractivity contribution in [3.05, 3.63) is 35.9 Å². The van der Waals surface area contributed by atoms with Gasteiger partial charge < -0.3 is 9.64 Å². The second kappa shape index (κ2) is 4.58. The van der Waals surface area contributed by atoms with Crippen molar-refractivity contribution in [2.45, 2.75) is 19.1 Å². The normalized spacial score (nSPS) is 22.8. The highest BCUT2D eigenvalue weighted by molar-refractivity contribution is 5.13. The maximum Gasteiger partial charge on any atom is 0.0721 e. The first-order chi connectivity index (χ1) is 6.84. The summed E-state index contributed by atoms with van der Waals surface area (Å²) >= 11 is 0. The molecule has 1 aromatic rings. The van der Waals surface area contributed by atoms with Crippen LogP contribution in [0.15, 0.2) is 30.3 Å². The molecule has 14 heavy (non-hydrogen) atoms. The number of hydrogen-bond donors (Lipinski definition) is 0. The molecule has 0 spiro atoms. The van der Waals surface area contributed by atoms with Crippen molar-refractivity contribution in [1.29, 1.82) is 0 Å². The van der Waals surface area contributed by atoms with Crippen molar-refractivity contribution >= 4 is 0 Å². The molecule has 1 heterocycles. The van der Waals surface area contributed by atoms with E-state index in [1.54, 1.807) is 0 Å². The minimum Gasteiger partial charge on any atom is -0.372 e. The zero-order chi connectivity index (χ0) is 9.80. The predicted octanol–water partition coefficient (Wildman–Crippen LogP) is 1.91. The van der Waals surface area contributed by atoms with Gasteiger partial charge in [-0.2, -0.15) is 0 Å². The molecule has 0 radical (unpaired) electrons. The van der Waals surface area contributed by atoms with Gasteiger partial charge in [-0.3, -0.25) is 0 Å². The van der Waals surface area contributed by atoms with Crippen molar-refractivity contribution in [3.8, 4) is 0 Å². The molecular weight excluding hydrogens is 174 g/mol. The Hall–Kier alpha value is -0.860. The zero-order valence-electron chi connectivity index (χ0n) is 8.65. The molecule has 1 aromatic carbocycles. The molecule has 2 rings (SSSR count). The Kier molecular flexibility index (Phi) is 3.17. The number of hydrogen-bond acceptors (Lipinski definition) is 2. The molecule has 0 aliphatic carbocycles. The molecule has 0 bridgehead atoms. The van der Waals surface area contributed by atoms with E-state index >= 15 is 0 Å². The summed E-state index contributed by atoms with van der Waals surface area (Å²) in [6.07, 6.45) is 1.60. The van der Waals surface area contributed by atoms with Crippen LogP contribution in [0.5, 0.6) is 0 Å². The van der Waals surface area contributed by atoms with E-state index < -0.39 is 0 Å². The first-order valence-electron chi connectivity index (χ1n) is 5.18. The molecule has 2 nitrogen and oxygen atoms in total. The van der Waals surface area contributed by atoms with Gasteiger partial charge in [-0.15, -0.1) is 0 Å². The average molecular weight is 191 g/mol. The van der Waals surface area contributed by atoms with E-state index in [1.165, 1.54) is 18.5 Å². The van der Waals surface area contributed by atoms with Gasteiger partial charge in [0.15, 0.2) is 0 Å². The van der Waals surface area contributed by atoms with Gasteiger partial charge in [-0.25, -0.2) is 0 Å². The first-order valence-corrected chi connectivity index (χ1v) is 5.18. The summed E-state index contributed by atoms with van der Waals surface area (Å²) in [5, 5.41) is 0. The molecule has 1 fully saturated rings. The maximum atomic E-state index is 5.82. The summed E-state index contributed by atoms with van der Waals surface area (Å²) in [5.41, 5.74) is 1.27. The summed E-state index contributed by atoms with van der Waals surface area (Å²) in [6.45, 7) is 2.99. The second-order valence-corrected chi connectivity index (χ2v) is 3.97. The first kappa shape index (κ1) is 9.69. The Morgan fingerprint density at radius 1 is 1.36 bits per heavy atom. The van der Waals surface area contributed by atoms with Crippen molar-refractivity contribution in [3.63, 3.8) is 0 Å². The van der Waals surface area contributed by atoms with Crippen molar-refractivity contribution < 1.29 is 4.74 Å². The van der Waals surface area contributed by atoms with Gasteiger partial charge in [0.1, 0.15) is 0 Å². The van der Waals surface area contributed by atoms with Crippen LogP contribution in [0, 0.1) is 0 Å². The van der Waals surface area contributed by atoms with Gasteiger partial charge in [-0.1, -0.05) is 30.3 Å². The molecule has 1 aliphatic heterocycles. The summed E-state index contributed by atoms with van der Waals surface area (Å²) in [6, 6.07) is 10.4. The van der Waals surface area contributed by atoms with Crippen LogP contribution >= 0.6 is 0 Å². The van der Waals surface area contributed by atoms with Gasteiger partial charge in [0.2, 0.25) is 0 Å². The van der Waals surface area contributed by atoms with Crippen LogP contribution in [-0.4, -0.2) is 31.1 Å². The van der Waals surface area contributed by atoms with Gasteiger partial charge in [0.05, 0.1) is 12.7 Å². The lowest BCUT2D eigenvalue weighted by Crippen LogP contribution is -2.18. The predicted molar refractivity (Wildman–Crippen MR) is 57.1 cm³/mol. The lowest BCUT2D eigenvalue weighted by atomic mass is 10.2. The number of benzene rings is 1. The number of likely N-dealkylation sites (tertiary alicyclic amines) is 1. The highest BCUT2D eigenvalue weighted by atomic mass is 16.5. The minimum atomic E-state index is 0.431. The summed E-state index contributed by atoms with van der Waals surface area (Å²) < 4.78 is 5.82. The van der Waals surface area contributed by atoms with Crippen molar-refractivity contribution in [2.24, 2.45) is 0 Å². The number of rotatable bonds is 3. The van der Waals surface area contributed by atoms with Crippen LogP contribution in [0.4, 0.5) is 0 Å². The molecule has 0 unspecified atom stereocenters. The molecular formula is C12H17NO. The highest BCUT2D eigenvalue weighted by Crippen LogP contribution is 2.12. The summed E-state index contributed by atoms with van der Waals surface area (Å²) in [5.74, 6) is 0. The van der Waals surface area contributed by atoms with Crippen LogP contribution in [0.1, 0.15) is 12.0 Å². The van der Waals surface area contributed by atoms with Gasteiger partial charge >= 0.3 is 0 Å². The van der Waals surface area contributed by atoms with E-state index in [4.69, 9.17) is 4.74 Å². The average Bonchev–Trinajstić information content (AvgIpc) is 2.63. The van der Waals surface area contributed by atoms with Gasteiger partial charge in [-0.05, 0) is 19.0 Å². The molecule has 0 N–H and O–H groups in total. The van der Waals surface area contributed by atoms with E-state index in [0.717, 1.165) is 13.2 Å². The fraction of sp³-hybridized carbons (Fsp3) is 0.500. The Morgan fingerprint density at radius 3 is 2.79 bits per heavy atom. The van der Waals surface area contributed by atoms with Crippen LogP contribution in [0.3, 0.4) is 0 Å². The van der Waals surface area contributed by atoms with E-state index in [-0.39, 0.29) is 0 Å². The smallest absolute Gasteiger partial charge is 0.0721 e. The number of nitrogens with zero attached hydrogens (tertiary/aromatic N) is 1. The standard InChI is InChI=1S/C12H17NO/c1-13-8-7-12(9-13)14-10-11-5-3-2-4-6-11/h2-6,12H,7-10H2,1H3/t12-/m0/s1. The fourth-order valence-electron chi connectivity index (χ4n) is 1.82. The van der Waals surface area contributed by atoms with Gasteiger partial charge in [0, 0.05) is 13.1 Å². The molecule has 0 amide bonds.